The van der Waals surface area contributed by atoms with Gasteiger partial charge in [0.1, 0.15) is 18.6 Å². The number of nitrogens with two attached hydrogens (primary N) is 1. The first-order chi connectivity index (χ1) is 19.6. The molecule has 11 heteroatoms. The first-order valence-electron chi connectivity index (χ1n) is 13.6. The Morgan fingerprint density at radius 3 is 1.88 bits per heavy atom. The lowest BCUT2D eigenvalue weighted by Gasteiger charge is -2.25. The minimum Gasteiger partial charge on any atom is -0.480 e. The second-order valence-corrected chi connectivity index (χ2v) is 10.6. The predicted octanol–water partition coefficient (Wildman–Crippen LogP) is 1.98. The number of rotatable bonds is 13. The Bertz CT molecular complexity index is 1540. The molecule has 41 heavy (non-hydrogen) atoms. The van der Waals surface area contributed by atoms with Crippen molar-refractivity contribution >= 4 is 45.5 Å². The zero-order valence-corrected chi connectivity index (χ0v) is 23.1. The summed E-state index contributed by atoms with van der Waals surface area (Å²) in [4.78, 5) is 57.0. The van der Waals surface area contributed by atoms with Crippen LogP contribution in [0.25, 0.3) is 21.8 Å². The maximum absolute atomic E-state index is 13.6. The molecule has 8 N–H and O–H groups in total. The lowest BCUT2D eigenvalue weighted by molar-refractivity contribution is -0.138. The minimum atomic E-state index is -1.19. The van der Waals surface area contributed by atoms with Crippen molar-refractivity contribution in [1.29, 1.82) is 0 Å². The van der Waals surface area contributed by atoms with Gasteiger partial charge < -0.3 is 36.8 Å². The largest absolute Gasteiger partial charge is 0.480 e. The molecule has 3 amide bonds. The zero-order valence-electron chi connectivity index (χ0n) is 23.1. The molecule has 2 aromatic heterocycles. The molecule has 4 aromatic rings. The second kappa shape index (κ2) is 13.1. The van der Waals surface area contributed by atoms with Crippen LogP contribution in [0.5, 0.6) is 0 Å². The van der Waals surface area contributed by atoms with E-state index in [2.05, 4.69) is 25.9 Å². The molecular formula is C30H36N6O5. The third-order valence-corrected chi connectivity index (χ3v) is 6.94. The summed E-state index contributed by atoms with van der Waals surface area (Å²) in [6.45, 7) is 3.21. The molecule has 0 bridgehead atoms. The second-order valence-electron chi connectivity index (χ2n) is 10.6. The molecule has 0 aliphatic heterocycles. The Kier molecular flexibility index (Phi) is 9.41. The fourth-order valence-corrected chi connectivity index (χ4v) is 4.90. The predicted molar refractivity (Wildman–Crippen MR) is 156 cm³/mol. The van der Waals surface area contributed by atoms with Gasteiger partial charge in [-0.2, -0.15) is 0 Å². The summed E-state index contributed by atoms with van der Waals surface area (Å²) in [6, 6.07) is 12.4. The van der Waals surface area contributed by atoms with Crippen molar-refractivity contribution in [2.45, 2.75) is 51.2 Å². The summed E-state index contributed by atoms with van der Waals surface area (Å²) in [5, 5.41) is 18.7. The Hall–Kier alpha value is -4.64. The van der Waals surface area contributed by atoms with Gasteiger partial charge in [-0.1, -0.05) is 50.2 Å². The monoisotopic (exact) mass is 560 g/mol. The molecule has 0 aliphatic carbocycles. The summed E-state index contributed by atoms with van der Waals surface area (Å²) < 4.78 is 0. The van der Waals surface area contributed by atoms with Gasteiger partial charge in [-0.05, 0) is 42.0 Å². The van der Waals surface area contributed by atoms with E-state index in [4.69, 9.17) is 10.8 Å². The minimum absolute atomic E-state index is 0.0298. The van der Waals surface area contributed by atoms with E-state index in [1.165, 1.54) is 0 Å². The topological polar surface area (TPSA) is 182 Å². The maximum Gasteiger partial charge on any atom is 0.322 e. The zero-order chi connectivity index (χ0) is 29.5. The fraction of sp³-hybridized carbons (Fsp3) is 0.333. The number of H-pyrrole nitrogens is 2. The summed E-state index contributed by atoms with van der Waals surface area (Å²) in [6.07, 6.45) is 4.29. The van der Waals surface area contributed by atoms with Crippen LogP contribution in [0.3, 0.4) is 0 Å². The number of aromatic amines is 2. The van der Waals surface area contributed by atoms with Crippen LogP contribution in [0.15, 0.2) is 60.9 Å². The number of carbonyl (C=O) groups is 4. The normalized spacial score (nSPS) is 13.6. The average Bonchev–Trinajstić information content (AvgIpc) is 3.54. The Balaban J connectivity index is 1.54. The van der Waals surface area contributed by atoms with Gasteiger partial charge in [0.05, 0.1) is 6.04 Å². The van der Waals surface area contributed by atoms with Crippen molar-refractivity contribution in [2.75, 3.05) is 6.54 Å². The highest BCUT2D eigenvalue weighted by molar-refractivity contribution is 5.95. The summed E-state index contributed by atoms with van der Waals surface area (Å²) in [5.74, 6) is -2.85. The van der Waals surface area contributed by atoms with E-state index >= 15 is 0 Å². The van der Waals surface area contributed by atoms with Gasteiger partial charge in [0.25, 0.3) is 0 Å². The van der Waals surface area contributed by atoms with Gasteiger partial charge in [-0.15, -0.1) is 0 Å². The average molecular weight is 561 g/mol. The van der Waals surface area contributed by atoms with Crippen molar-refractivity contribution in [3.05, 3.63) is 72.1 Å². The van der Waals surface area contributed by atoms with Gasteiger partial charge in [-0.3, -0.25) is 19.2 Å². The Labute approximate surface area is 237 Å². The number of aliphatic carboxylic acids is 1. The van der Waals surface area contributed by atoms with E-state index in [-0.39, 0.29) is 25.2 Å². The molecule has 4 rings (SSSR count). The lowest BCUT2D eigenvalue weighted by atomic mass is 10.00. The number of carboxylic acids is 1. The number of aromatic nitrogens is 2. The number of hydrogen-bond donors (Lipinski definition) is 7. The number of benzene rings is 2. The molecule has 216 valence electrons. The number of hydrogen-bond acceptors (Lipinski definition) is 5. The molecule has 2 aromatic carbocycles. The number of amides is 3. The van der Waals surface area contributed by atoms with E-state index in [1.54, 1.807) is 6.20 Å². The highest BCUT2D eigenvalue weighted by atomic mass is 16.4. The number of para-hydroxylation sites is 2. The van der Waals surface area contributed by atoms with Crippen molar-refractivity contribution in [1.82, 2.24) is 25.9 Å². The molecule has 3 unspecified atom stereocenters. The van der Waals surface area contributed by atoms with Crippen LogP contribution in [0.2, 0.25) is 0 Å². The quantitative estimate of drug-likeness (QED) is 0.131. The van der Waals surface area contributed by atoms with Gasteiger partial charge in [-0.25, -0.2) is 0 Å². The Morgan fingerprint density at radius 1 is 0.780 bits per heavy atom. The molecule has 3 atom stereocenters. The van der Waals surface area contributed by atoms with Gasteiger partial charge in [0.2, 0.25) is 17.7 Å². The lowest BCUT2D eigenvalue weighted by Crippen LogP contribution is -2.57. The van der Waals surface area contributed by atoms with E-state index in [9.17, 15) is 19.2 Å². The number of fused-ring (bicyclic) bond motifs is 2. The third-order valence-electron chi connectivity index (χ3n) is 6.94. The molecule has 0 aliphatic rings. The summed E-state index contributed by atoms with van der Waals surface area (Å²) >= 11 is 0. The van der Waals surface area contributed by atoms with E-state index in [0.717, 1.165) is 32.9 Å². The standard InChI is InChI=1S/C30H36N6O5/c1-17(2)11-25(29(40)34-16-27(37)38)36-30(41)26(13-19-15-33-24-10-6-4-8-21(19)24)35-28(39)22(31)12-18-14-32-23-9-5-3-7-20(18)23/h3-10,14-15,17,22,25-26,32-33H,11-13,16,31H2,1-2H3,(H,34,40)(H,35,39)(H,36,41)(H,37,38). The maximum atomic E-state index is 13.6. The molecule has 11 nitrogen and oxygen atoms in total. The molecule has 0 saturated carbocycles. The molecule has 0 spiro atoms. The van der Waals surface area contributed by atoms with Crippen LogP contribution in [0.1, 0.15) is 31.4 Å². The molecule has 0 fully saturated rings. The Morgan fingerprint density at radius 2 is 1.32 bits per heavy atom. The fourth-order valence-electron chi connectivity index (χ4n) is 4.90. The van der Waals surface area contributed by atoms with E-state index in [1.807, 2.05) is 68.6 Å². The van der Waals surface area contributed by atoms with Crippen molar-refractivity contribution in [2.24, 2.45) is 11.7 Å². The number of nitrogens with one attached hydrogen (secondary N) is 5. The van der Waals surface area contributed by atoms with E-state index < -0.39 is 48.4 Å². The number of carboxylic acid groups (broad SMARTS) is 1. The molecule has 2 heterocycles. The van der Waals surface area contributed by atoms with Crippen LogP contribution in [0, 0.1) is 5.92 Å². The first kappa shape index (κ1) is 29.3. The van der Waals surface area contributed by atoms with Crippen molar-refractivity contribution in [3.63, 3.8) is 0 Å². The highest BCUT2D eigenvalue weighted by Gasteiger charge is 2.30. The molecular weight excluding hydrogens is 524 g/mol. The summed E-state index contributed by atoms with van der Waals surface area (Å²) in [5.41, 5.74) is 9.82. The third kappa shape index (κ3) is 7.52. The van der Waals surface area contributed by atoms with Gasteiger partial charge in [0.15, 0.2) is 0 Å². The molecule has 0 saturated heterocycles. The SMILES string of the molecule is CC(C)CC(NC(=O)C(Cc1c[nH]c2ccccc12)NC(=O)C(N)Cc1c[nH]c2ccccc12)C(=O)NCC(=O)O. The van der Waals surface area contributed by atoms with Crippen LogP contribution >= 0.6 is 0 Å². The van der Waals surface area contributed by atoms with Crippen LogP contribution in [0.4, 0.5) is 0 Å². The van der Waals surface area contributed by atoms with Crippen molar-refractivity contribution in [3.8, 4) is 0 Å². The summed E-state index contributed by atoms with van der Waals surface area (Å²) in [7, 11) is 0. The van der Waals surface area contributed by atoms with Crippen molar-refractivity contribution < 1.29 is 24.3 Å². The van der Waals surface area contributed by atoms with Crippen LogP contribution in [-0.2, 0) is 32.0 Å². The highest BCUT2D eigenvalue weighted by Crippen LogP contribution is 2.21. The smallest absolute Gasteiger partial charge is 0.322 e. The molecule has 0 radical (unpaired) electrons. The van der Waals surface area contributed by atoms with Gasteiger partial charge in [0, 0.05) is 40.6 Å². The first-order valence-corrected chi connectivity index (χ1v) is 13.6. The van der Waals surface area contributed by atoms with Crippen LogP contribution < -0.4 is 21.7 Å². The van der Waals surface area contributed by atoms with Gasteiger partial charge >= 0.3 is 5.97 Å². The van der Waals surface area contributed by atoms with Crippen LogP contribution in [-0.4, -0.2) is 63.4 Å². The van der Waals surface area contributed by atoms with E-state index in [0.29, 0.717) is 0 Å². The number of carbonyl (C=O) groups excluding carboxylic acids is 3.